The molecule has 3 N–H and O–H groups in total. The number of amides is 1. The third-order valence-electron chi connectivity index (χ3n) is 14.7. The smallest absolute Gasteiger partial charge is 0.293 e. The number of aromatic amines is 1. The van der Waals surface area contributed by atoms with Crippen molar-refractivity contribution in [3.05, 3.63) is 87.7 Å². The molecule has 1 spiro atoms. The number of nitro groups is 1. The minimum atomic E-state index is -4.62. The Labute approximate surface area is 368 Å². The molecule has 336 valence electrons. The van der Waals surface area contributed by atoms with Gasteiger partial charge in [0, 0.05) is 94.7 Å². The van der Waals surface area contributed by atoms with Gasteiger partial charge in [-0.15, -0.1) is 0 Å². The van der Waals surface area contributed by atoms with Crippen molar-refractivity contribution < 1.29 is 32.0 Å². The molecule has 16 heteroatoms. The Balaban J connectivity index is 0.925. The summed E-state index contributed by atoms with van der Waals surface area (Å²) in [5.74, 6) is -0.502. The average molecular weight is 884 g/mol. The number of ether oxygens (including phenoxy) is 2. The molecule has 0 bridgehead atoms. The van der Waals surface area contributed by atoms with Gasteiger partial charge < -0.3 is 24.7 Å². The van der Waals surface area contributed by atoms with Crippen molar-refractivity contribution in [2.75, 3.05) is 62.7 Å². The van der Waals surface area contributed by atoms with Crippen LogP contribution in [0, 0.1) is 20.9 Å². The first-order chi connectivity index (χ1) is 30.4. The molecule has 2 aliphatic heterocycles. The van der Waals surface area contributed by atoms with Crippen LogP contribution in [0.25, 0.3) is 11.0 Å². The number of nitro benzene ring substituents is 1. The molecule has 4 fully saturated rings. The summed E-state index contributed by atoms with van der Waals surface area (Å²) in [6.07, 6.45) is 18.1. The van der Waals surface area contributed by atoms with E-state index in [0.29, 0.717) is 22.2 Å². The summed E-state index contributed by atoms with van der Waals surface area (Å²) >= 11 is 0. The maximum atomic E-state index is 15.2. The number of rotatable bonds is 15. The van der Waals surface area contributed by atoms with E-state index in [1.165, 1.54) is 82.9 Å². The fourth-order valence-electron chi connectivity index (χ4n) is 10.7. The van der Waals surface area contributed by atoms with Gasteiger partial charge in [-0.1, -0.05) is 37.3 Å². The molecule has 2 saturated carbocycles. The van der Waals surface area contributed by atoms with E-state index in [9.17, 15) is 23.3 Å². The number of nitrogens with zero attached hydrogens (tertiary/aromatic N) is 4. The van der Waals surface area contributed by atoms with Crippen molar-refractivity contribution in [2.24, 2.45) is 10.8 Å². The first-order valence-electron chi connectivity index (χ1n) is 22.7. The number of hydrogen-bond acceptors (Lipinski definition) is 11. The maximum absolute atomic E-state index is 15.2. The predicted molar refractivity (Wildman–Crippen MR) is 240 cm³/mol. The molecule has 1 amide bonds. The van der Waals surface area contributed by atoms with Gasteiger partial charge in [0.05, 0.1) is 21.6 Å². The molecule has 2 saturated heterocycles. The van der Waals surface area contributed by atoms with Crippen LogP contribution in [0.2, 0.25) is 0 Å². The predicted octanol–water partition coefficient (Wildman–Crippen LogP) is 9.06. The zero-order chi connectivity index (χ0) is 43.8. The Morgan fingerprint density at radius 3 is 2.48 bits per heavy atom. The largest absolute Gasteiger partial charge is 0.455 e. The SMILES string of the molecule is CCCC1(C2=C(CN3CCN(c4ccc(C(=O)NS(=O)(=O)c5ccc(NCC6(F)CCOCC6)c([N+](=O)[O-])c5)c(Oc5cnc6[nH]ccc6c5)c4)CC3)CCC3(CCC3)C2)CCC1. The number of fused-ring (bicyclic) bond motifs is 1. The highest BCUT2D eigenvalue weighted by molar-refractivity contribution is 7.90. The fraction of sp³-hybridized carbons (Fsp3) is 0.532. The highest BCUT2D eigenvalue weighted by atomic mass is 32.2. The van der Waals surface area contributed by atoms with E-state index in [2.05, 4.69) is 36.7 Å². The lowest BCUT2D eigenvalue weighted by atomic mass is 9.51. The first kappa shape index (κ1) is 43.2. The number of H-pyrrole nitrogens is 1. The van der Waals surface area contributed by atoms with Gasteiger partial charge >= 0.3 is 0 Å². The number of nitrogens with one attached hydrogen (secondary N) is 3. The molecular formula is C47H58FN7O7S. The molecule has 9 rings (SSSR count). The van der Waals surface area contributed by atoms with E-state index in [-0.39, 0.29) is 49.6 Å². The number of aromatic nitrogens is 2. The molecule has 2 aromatic heterocycles. The van der Waals surface area contributed by atoms with E-state index in [1.54, 1.807) is 36.0 Å². The Bertz CT molecular complexity index is 2500. The minimum Gasteiger partial charge on any atom is -0.455 e. The normalized spacial score (nSPS) is 20.8. The first-order valence-corrected chi connectivity index (χ1v) is 24.1. The van der Waals surface area contributed by atoms with Gasteiger partial charge in [0.15, 0.2) is 0 Å². The summed E-state index contributed by atoms with van der Waals surface area (Å²) in [5.41, 5.74) is 3.70. The summed E-state index contributed by atoms with van der Waals surface area (Å²) < 4.78 is 56.3. The van der Waals surface area contributed by atoms with Gasteiger partial charge in [-0.2, -0.15) is 0 Å². The number of sulfonamides is 1. The molecule has 0 radical (unpaired) electrons. The number of hydrogen-bond donors (Lipinski definition) is 3. The Morgan fingerprint density at radius 2 is 1.78 bits per heavy atom. The summed E-state index contributed by atoms with van der Waals surface area (Å²) in [7, 11) is -4.62. The van der Waals surface area contributed by atoms with Crippen LogP contribution >= 0.6 is 0 Å². The number of allylic oxidation sites excluding steroid dienone is 1. The molecule has 4 aromatic rings. The second-order valence-corrected chi connectivity index (χ2v) is 20.3. The summed E-state index contributed by atoms with van der Waals surface area (Å²) in [4.78, 5) is 37.1. The molecule has 3 aliphatic carbocycles. The van der Waals surface area contributed by atoms with Gasteiger partial charge in [0.25, 0.3) is 21.6 Å². The van der Waals surface area contributed by atoms with Crippen molar-refractivity contribution in [1.82, 2.24) is 19.6 Å². The molecule has 63 heavy (non-hydrogen) atoms. The lowest BCUT2D eigenvalue weighted by molar-refractivity contribution is -0.384. The van der Waals surface area contributed by atoms with Gasteiger partial charge in [-0.25, -0.2) is 22.5 Å². The average Bonchev–Trinajstić information content (AvgIpc) is 3.72. The highest BCUT2D eigenvalue weighted by Gasteiger charge is 2.48. The van der Waals surface area contributed by atoms with Crippen LogP contribution in [0.3, 0.4) is 0 Å². The molecule has 4 heterocycles. The number of carbonyl (C=O) groups excluding carboxylic acids is 1. The fourth-order valence-corrected chi connectivity index (χ4v) is 11.7. The summed E-state index contributed by atoms with van der Waals surface area (Å²) in [6, 6.07) is 11.9. The molecular weight excluding hydrogens is 826 g/mol. The van der Waals surface area contributed by atoms with E-state index in [4.69, 9.17) is 9.47 Å². The number of halogens is 1. The second kappa shape index (κ2) is 17.5. The standard InChI is InChI=1S/C47H58FN7O7S/c1-2-11-46(14-4-15-46)39-29-45(12-3-13-45)16-9-34(39)31-53-20-22-54(23-21-53)35-5-7-38(42(27-35)62-36-26-33-10-19-49-43(33)50-30-36)44(56)52-63(59,60)37-6-8-40(41(28-37)55(57)58)51-32-47(48)17-24-61-25-18-47/h5-8,10,19,26-28,30,51H,2-4,9,11-18,20-25,29,31-32H2,1H3,(H,49,50)(H,52,56). The van der Waals surface area contributed by atoms with Crippen molar-refractivity contribution >= 4 is 44.0 Å². The number of piperazine rings is 1. The van der Waals surface area contributed by atoms with Crippen LogP contribution in [-0.2, 0) is 14.8 Å². The molecule has 14 nitrogen and oxygen atoms in total. The molecule has 0 unspecified atom stereocenters. The Hall–Kier alpha value is -5.06. The van der Waals surface area contributed by atoms with E-state index in [1.807, 2.05) is 11.6 Å². The maximum Gasteiger partial charge on any atom is 0.293 e. The topological polar surface area (TPSA) is 172 Å². The van der Waals surface area contributed by atoms with Crippen LogP contribution in [0.4, 0.5) is 21.5 Å². The monoisotopic (exact) mass is 883 g/mol. The number of alkyl halides is 1. The van der Waals surface area contributed by atoms with Crippen LogP contribution < -0.4 is 19.7 Å². The van der Waals surface area contributed by atoms with E-state index >= 15 is 4.39 Å². The summed E-state index contributed by atoms with van der Waals surface area (Å²) in [5, 5.41) is 15.7. The lowest BCUT2D eigenvalue weighted by Crippen LogP contribution is -2.48. The van der Waals surface area contributed by atoms with E-state index < -0.39 is 37.1 Å². The highest BCUT2D eigenvalue weighted by Crippen LogP contribution is 2.61. The second-order valence-electron chi connectivity index (χ2n) is 18.6. The van der Waals surface area contributed by atoms with Crippen LogP contribution in [-0.4, -0.2) is 92.3 Å². The Kier molecular flexibility index (Phi) is 12.0. The molecule has 5 aliphatic rings. The third-order valence-corrected chi connectivity index (χ3v) is 16.0. The number of benzene rings is 2. The van der Waals surface area contributed by atoms with Crippen molar-refractivity contribution in [2.45, 2.75) is 101 Å². The van der Waals surface area contributed by atoms with Gasteiger partial charge in [-0.3, -0.25) is 19.8 Å². The summed E-state index contributed by atoms with van der Waals surface area (Å²) in [6.45, 7) is 6.95. The van der Waals surface area contributed by atoms with Gasteiger partial charge in [0.1, 0.15) is 28.5 Å². The zero-order valence-corrected chi connectivity index (χ0v) is 36.9. The number of carbonyl (C=O) groups is 1. The van der Waals surface area contributed by atoms with Crippen molar-refractivity contribution in [3.63, 3.8) is 0 Å². The third kappa shape index (κ3) is 9.03. The minimum absolute atomic E-state index is 0.0411. The zero-order valence-electron chi connectivity index (χ0n) is 36.1. The van der Waals surface area contributed by atoms with Crippen molar-refractivity contribution in [1.29, 1.82) is 0 Å². The van der Waals surface area contributed by atoms with Crippen molar-refractivity contribution in [3.8, 4) is 11.5 Å². The molecule has 2 aromatic carbocycles. The lowest BCUT2D eigenvalue weighted by Gasteiger charge is -2.54. The quantitative estimate of drug-likeness (QED) is 0.0591. The van der Waals surface area contributed by atoms with Crippen LogP contribution in [0.5, 0.6) is 11.5 Å². The number of pyridine rings is 1. The molecule has 0 atom stereocenters. The van der Waals surface area contributed by atoms with Gasteiger partial charge in [0.2, 0.25) is 0 Å². The van der Waals surface area contributed by atoms with Crippen LogP contribution in [0.1, 0.15) is 101 Å². The Morgan fingerprint density at radius 1 is 1.00 bits per heavy atom. The van der Waals surface area contributed by atoms with E-state index in [0.717, 1.165) is 55.9 Å². The van der Waals surface area contributed by atoms with Crippen LogP contribution in [0.15, 0.2) is 77.0 Å². The number of anilines is 2. The van der Waals surface area contributed by atoms with Gasteiger partial charge in [-0.05, 0) is 98.6 Å².